The molecular formula is C20H19BrCl2N2O3. The number of hydrogen-bond donors (Lipinski definition) is 0. The first-order chi connectivity index (χ1) is 13.5. The van der Waals surface area contributed by atoms with Crippen molar-refractivity contribution in [1.82, 2.24) is 9.80 Å². The Hall–Kier alpha value is -1.60. The summed E-state index contributed by atoms with van der Waals surface area (Å²) in [5.74, 6) is 0.221. The van der Waals surface area contributed by atoms with Crippen LogP contribution in [0.1, 0.15) is 15.9 Å². The second-order valence-corrected chi connectivity index (χ2v) is 8.22. The standard InChI is InChI=1S/C20H19BrCl2N2O3/c21-18-10-17(23)9-15(12-26)20(18)28-13-19(27)25-7-5-24(6-8-25)11-14-1-3-16(22)4-2-14/h1-4,9-10,12H,5-8,11,13H2. The number of aldehydes is 1. The third-order valence-electron chi connectivity index (χ3n) is 4.55. The number of ether oxygens (including phenoxy) is 1. The predicted octanol–water partition coefficient (Wildman–Crippen LogP) is 4.29. The van der Waals surface area contributed by atoms with Crippen LogP contribution in [0.3, 0.4) is 0 Å². The molecule has 2 aromatic carbocycles. The van der Waals surface area contributed by atoms with Gasteiger partial charge >= 0.3 is 0 Å². The monoisotopic (exact) mass is 484 g/mol. The molecule has 0 aromatic heterocycles. The van der Waals surface area contributed by atoms with Gasteiger partial charge in [-0.25, -0.2) is 0 Å². The van der Waals surface area contributed by atoms with Gasteiger partial charge in [0.05, 0.1) is 10.0 Å². The van der Waals surface area contributed by atoms with E-state index in [9.17, 15) is 9.59 Å². The molecule has 1 aliphatic heterocycles. The molecule has 1 amide bonds. The lowest BCUT2D eigenvalue weighted by molar-refractivity contribution is -0.135. The minimum absolute atomic E-state index is 0.107. The highest BCUT2D eigenvalue weighted by Crippen LogP contribution is 2.31. The maximum atomic E-state index is 12.5. The van der Waals surface area contributed by atoms with Crippen LogP contribution < -0.4 is 4.74 Å². The maximum Gasteiger partial charge on any atom is 0.260 e. The molecule has 0 saturated carbocycles. The van der Waals surface area contributed by atoms with E-state index in [1.807, 2.05) is 24.3 Å². The first-order valence-electron chi connectivity index (χ1n) is 8.78. The minimum atomic E-state index is -0.127. The van der Waals surface area contributed by atoms with E-state index in [-0.39, 0.29) is 12.5 Å². The Morgan fingerprint density at radius 2 is 1.75 bits per heavy atom. The summed E-state index contributed by atoms with van der Waals surface area (Å²) in [5, 5.41) is 1.15. The summed E-state index contributed by atoms with van der Waals surface area (Å²) >= 11 is 15.2. The van der Waals surface area contributed by atoms with Crippen LogP contribution in [-0.2, 0) is 11.3 Å². The zero-order valence-corrected chi connectivity index (χ0v) is 18.1. The van der Waals surface area contributed by atoms with Crippen LogP contribution in [0, 0.1) is 0 Å². The number of hydrogen-bond acceptors (Lipinski definition) is 4. The molecule has 0 N–H and O–H groups in total. The van der Waals surface area contributed by atoms with Crippen LogP contribution >= 0.6 is 39.1 Å². The third-order valence-corrected chi connectivity index (χ3v) is 5.61. The number of benzene rings is 2. The Morgan fingerprint density at radius 3 is 2.39 bits per heavy atom. The first-order valence-corrected chi connectivity index (χ1v) is 10.3. The van der Waals surface area contributed by atoms with Crippen molar-refractivity contribution >= 4 is 51.3 Å². The fraction of sp³-hybridized carbons (Fsp3) is 0.300. The molecule has 2 aromatic rings. The average molecular weight is 486 g/mol. The molecule has 0 radical (unpaired) electrons. The van der Waals surface area contributed by atoms with E-state index in [0.29, 0.717) is 40.2 Å². The quantitative estimate of drug-likeness (QED) is 0.572. The summed E-state index contributed by atoms with van der Waals surface area (Å²) in [6.07, 6.45) is 0.659. The van der Waals surface area contributed by atoms with Crippen molar-refractivity contribution in [2.45, 2.75) is 6.54 Å². The Morgan fingerprint density at radius 1 is 1.07 bits per heavy atom. The lowest BCUT2D eigenvalue weighted by atomic mass is 10.2. The summed E-state index contributed by atoms with van der Waals surface area (Å²) in [6.45, 7) is 3.56. The van der Waals surface area contributed by atoms with Gasteiger partial charge in [-0.05, 0) is 45.8 Å². The molecule has 5 nitrogen and oxygen atoms in total. The van der Waals surface area contributed by atoms with Crippen molar-refractivity contribution in [2.75, 3.05) is 32.8 Å². The molecule has 148 valence electrons. The van der Waals surface area contributed by atoms with E-state index >= 15 is 0 Å². The van der Waals surface area contributed by atoms with E-state index < -0.39 is 0 Å². The van der Waals surface area contributed by atoms with Crippen LogP contribution in [0.4, 0.5) is 0 Å². The molecule has 8 heteroatoms. The highest BCUT2D eigenvalue weighted by molar-refractivity contribution is 9.10. The Labute approximate surface area is 182 Å². The minimum Gasteiger partial charge on any atom is -0.482 e. The van der Waals surface area contributed by atoms with Gasteiger partial charge in [0.1, 0.15) is 5.75 Å². The summed E-state index contributed by atoms with van der Waals surface area (Å²) in [7, 11) is 0. The van der Waals surface area contributed by atoms with Crippen molar-refractivity contribution in [3.63, 3.8) is 0 Å². The predicted molar refractivity (Wildman–Crippen MR) is 113 cm³/mol. The zero-order valence-electron chi connectivity index (χ0n) is 15.0. The van der Waals surface area contributed by atoms with Gasteiger partial charge in [-0.3, -0.25) is 14.5 Å². The second kappa shape index (κ2) is 9.74. The fourth-order valence-electron chi connectivity index (χ4n) is 3.05. The smallest absolute Gasteiger partial charge is 0.260 e. The Bertz CT molecular complexity index is 853. The molecule has 0 bridgehead atoms. The lowest BCUT2D eigenvalue weighted by Gasteiger charge is -2.34. The van der Waals surface area contributed by atoms with Crippen LogP contribution in [0.25, 0.3) is 0 Å². The van der Waals surface area contributed by atoms with Gasteiger partial charge in [-0.2, -0.15) is 0 Å². The van der Waals surface area contributed by atoms with Crippen LogP contribution in [0.15, 0.2) is 40.9 Å². The molecular weight excluding hydrogens is 467 g/mol. The van der Waals surface area contributed by atoms with Gasteiger partial charge in [0.2, 0.25) is 0 Å². The molecule has 1 fully saturated rings. The Balaban J connectivity index is 1.50. The van der Waals surface area contributed by atoms with E-state index in [2.05, 4.69) is 20.8 Å². The number of carbonyl (C=O) groups excluding carboxylic acids is 2. The number of amides is 1. The third kappa shape index (κ3) is 5.47. The van der Waals surface area contributed by atoms with Gasteiger partial charge in [-0.15, -0.1) is 0 Å². The highest BCUT2D eigenvalue weighted by atomic mass is 79.9. The summed E-state index contributed by atoms with van der Waals surface area (Å²) in [5.41, 5.74) is 1.50. The topological polar surface area (TPSA) is 49.9 Å². The van der Waals surface area contributed by atoms with Gasteiger partial charge in [0.15, 0.2) is 12.9 Å². The van der Waals surface area contributed by atoms with Crippen molar-refractivity contribution in [3.8, 4) is 5.75 Å². The van der Waals surface area contributed by atoms with E-state index in [4.69, 9.17) is 27.9 Å². The first kappa shape index (κ1) is 21.1. The van der Waals surface area contributed by atoms with Crippen molar-refractivity contribution in [2.24, 2.45) is 0 Å². The van der Waals surface area contributed by atoms with Gasteiger partial charge in [-0.1, -0.05) is 35.3 Å². The fourth-order valence-corrected chi connectivity index (χ4v) is 4.12. The number of carbonyl (C=O) groups is 2. The SMILES string of the molecule is O=Cc1cc(Cl)cc(Br)c1OCC(=O)N1CCN(Cc2ccc(Cl)cc2)CC1. The van der Waals surface area contributed by atoms with Crippen molar-refractivity contribution in [3.05, 3.63) is 62.0 Å². The summed E-state index contributed by atoms with van der Waals surface area (Å²) in [6, 6.07) is 10.9. The summed E-state index contributed by atoms with van der Waals surface area (Å²) in [4.78, 5) is 27.8. The normalized spacial score (nSPS) is 14.8. The van der Waals surface area contributed by atoms with Crippen LogP contribution in [0.5, 0.6) is 5.75 Å². The molecule has 1 heterocycles. The summed E-state index contributed by atoms with van der Waals surface area (Å²) < 4.78 is 6.15. The number of rotatable bonds is 6. The van der Waals surface area contributed by atoms with E-state index in [1.165, 1.54) is 11.6 Å². The highest BCUT2D eigenvalue weighted by Gasteiger charge is 2.22. The molecule has 1 saturated heterocycles. The van der Waals surface area contributed by atoms with Crippen molar-refractivity contribution < 1.29 is 14.3 Å². The van der Waals surface area contributed by atoms with Crippen molar-refractivity contribution in [1.29, 1.82) is 0 Å². The zero-order chi connectivity index (χ0) is 20.1. The molecule has 0 atom stereocenters. The number of nitrogens with zero attached hydrogens (tertiary/aromatic N) is 2. The largest absolute Gasteiger partial charge is 0.482 e. The number of halogens is 3. The van der Waals surface area contributed by atoms with Gasteiger partial charge in [0.25, 0.3) is 5.91 Å². The van der Waals surface area contributed by atoms with E-state index in [1.54, 1.807) is 11.0 Å². The van der Waals surface area contributed by atoms with Gasteiger partial charge < -0.3 is 9.64 Å². The molecule has 1 aliphatic rings. The second-order valence-electron chi connectivity index (χ2n) is 6.50. The molecule has 3 rings (SSSR count). The van der Waals surface area contributed by atoms with E-state index in [0.717, 1.165) is 24.7 Å². The molecule has 28 heavy (non-hydrogen) atoms. The number of piperazine rings is 1. The molecule has 0 aliphatic carbocycles. The maximum absolute atomic E-state index is 12.5. The average Bonchev–Trinajstić information content (AvgIpc) is 2.69. The van der Waals surface area contributed by atoms with Crippen LogP contribution in [0.2, 0.25) is 10.0 Å². The lowest BCUT2D eigenvalue weighted by Crippen LogP contribution is -2.49. The Kier molecular flexibility index (Phi) is 7.35. The van der Waals surface area contributed by atoms with Gasteiger partial charge in [0, 0.05) is 42.8 Å². The molecule has 0 unspecified atom stereocenters. The molecule has 0 spiro atoms. The van der Waals surface area contributed by atoms with Crippen LogP contribution in [-0.4, -0.2) is 54.8 Å².